The fourth-order valence-corrected chi connectivity index (χ4v) is 6.03. The van der Waals surface area contributed by atoms with Gasteiger partial charge in [-0.3, -0.25) is 34.6 Å². The molecular formula is C34H42F3N5O8. The Hall–Kier alpha value is -4.54. The number of alkyl halides is 3. The Bertz CT molecular complexity index is 1480. The van der Waals surface area contributed by atoms with Crippen LogP contribution >= 0.6 is 0 Å². The second-order valence-electron chi connectivity index (χ2n) is 12.2. The quantitative estimate of drug-likeness (QED) is 0.214. The molecule has 272 valence electrons. The first-order chi connectivity index (χ1) is 24.0. The Labute approximate surface area is 287 Å². The van der Waals surface area contributed by atoms with Gasteiger partial charge in [-0.1, -0.05) is 42.5 Å². The second-order valence-corrected chi connectivity index (χ2v) is 12.2. The first-order valence-electron chi connectivity index (χ1n) is 16.5. The second kappa shape index (κ2) is 18.5. The molecular weight excluding hydrogens is 663 g/mol. The molecule has 0 aromatic heterocycles. The zero-order chi connectivity index (χ0) is 36.1. The fraction of sp³-hybridized carbons (Fsp3) is 0.500. The van der Waals surface area contributed by atoms with Gasteiger partial charge in [0, 0.05) is 19.6 Å². The van der Waals surface area contributed by atoms with Crippen molar-refractivity contribution in [1.82, 2.24) is 26.3 Å². The van der Waals surface area contributed by atoms with Crippen molar-refractivity contribution in [1.29, 1.82) is 0 Å². The van der Waals surface area contributed by atoms with E-state index in [1.54, 1.807) is 17.6 Å². The average molecular weight is 706 g/mol. The molecule has 4 rings (SSSR count). The standard InChI is InChI=1S/C34H42F3N5O8/c35-34(36,37)27-8-2-1-6-24(27)23-12-10-22(11-13-23)20-26-25(31(45)41-48)7-5-17-50-33(47)38-14-4-3-9-28(39-30(26)44)32(46)40-29(43)21-42-15-18-49-19-16-42/h1-2,6,8,10-13,25-26,28,48H,3-5,7,9,14-21H2,(H,38,47)(H,39,44)(H,41,45)(H,40,43,46). The van der Waals surface area contributed by atoms with Crippen LogP contribution in [-0.4, -0.2) is 91.9 Å². The lowest BCUT2D eigenvalue weighted by molar-refractivity contribution is -0.142. The van der Waals surface area contributed by atoms with Crippen molar-refractivity contribution in [3.63, 3.8) is 0 Å². The van der Waals surface area contributed by atoms with Gasteiger partial charge in [-0.15, -0.1) is 0 Å². The summed E-state index contributed by atoms with van der Waals surface area (Å²) in [7, 11) is 0. The minimum atomic E-state index is -4.58. The molecule has 3 atom stereocenters. The monoisotopic (exact) mass is 705 g/mol. The van der Waals surface area contributed by atoms with Crippen molar-refractivity contribution in [3.05, 3.63) is 59.7 Å². The fourth-order valence-electron chi connectivity index (χ4n) is 6.03. The van der Waals surface area contributed by atoms with Crippen molar-refractivity contribution in [2.24, 2.45) is 11.8 Å². The van der Waals surface area contributed by atoms with E-state index in [0.29, 0.717) is 44.7 Å². The van der Waals surface area contributed by atoms with E-state index >= 15 is 0 Å². The number of hydroxylamine groups is 1. The molecule has 0 spiro atoms. The van der Waals surface area contributed by atoms with Gasteiger partial charge in [-0.05, 0) is 61.3 Å². The number of carbonyl (C=O) groups is 5. The van der Waals surface area contributed by atoms with Gasteiger partial charge in [0.2, 0.25) is 23.6 Å². The molecule has 0 saturated carbocycles. The molecule has 5 N–H and O–H groups in total. The summed E-state index contributed by atoms with van der Waals surface area (Å²) in [5, 5.41) is 17.3. The zero-order valence-corrected chi connectivity index (χ0v) is 27.4. The maximum atomic E-state index is 14.0. The van der Waals surface area contributed by atoms with Crippen LogP contribution in [0.3, 0.4) is 0 Å². The Morgan fingerprint density at radius 1 is 0.920 bits per heavy atom. The molecule has 2 aromatic carbocycles. The lowest BCUT2D eigenvalue weighted by Crippen LogP contribution is -2.53. The van der Waals surface area contributed by atoms with Crippen LogP contribution in [0.4, 0.5) is 18.0 Å². The molecule has 0 bridgehead atoms. The van der Waals surface area contributed by atoms with Crippen LogP contribution in [0.2, 0.25) is 0 Å². The molecule has 50 heavy (non-hydrogen) atoms. The number of halogens is 3. The number of carbonyl (C=O) groups excluding carboxylic acids is 5. The van der Waals surface area contributed by atoms with Crippen molar-refractivity contribution < 1.29 is 51.8 Å². The van der Waals surface area contributed by atoms with E-state index in [4.69, 9.17) is 9.47 Å². The first-order valence-corrected chi connectivity index (χ1v) is 16.5. The summed E-state index contributed by atoms with van der Waals surface area (Å²) in [6.07, 6.45) is -4.34. The molecule has 16 heteroatoms. The van der Waals surface area contributed by atoms with Gasteiger partial charge < -0.3 is 20.1 Å². The van der Waals surface area contributed by atoms with Crippen molar-refractivity contribution in [3.8, 4) is 11.1 Å². The van der Waals surface area contributed by atoms with Gasteiger partial charge in [0.05, 0.1) is 43.8 Å². The third kappa shape index (κ3) is 11.2. The van der Waals surface area contributed by atoms with Crippen molar-refractivity contribution in [2.45, 2.75) is 50.7 Å². The van der Waals surface area contributed by atoms with E-state index in [-0.39, 0.29) is 56.5 Å². The normalized spacial score (nSPS) is 21.7. The molecule has 2 aromatic rings. The number of hydrogen-bond acceptors (Lipinski definition) is 9. The smallest absolute Gasteiger partial charge is 0.417 e. The maximum absolute atomic E-state index is 14.0. The minimum Gasteiger partial charge on any atom is -0.450 e. The molecule has 5 amide bonds. The van der Waals surface area contributed by atoms with Crippen LogP contribution < -0.4 is 21.4 Å². The zero-order valence-electron chi connectivity index (χ0n) is 27.4. The number of imide groups is 1. The number of cyclic esters (lactones) is 1. The highest BCUT2D eigenvalue weighted by atomic mass is 19.4. The summed E-state index contributed by atoms with van der Waals surface area (Å²) in [6.45, 7) is 2.04. The molecule has 2 aliphatic heterocycles. The molecule has 0 aliphatic carbocycles. The van der Waals surface area contributed by atoms with Gasteiger partial charge in [-0.2, -0.15) is 13.2 Å². The highest BCUT2D eigenvalue weighted by molar-refractivity contribution is 6.00. The van der Waals surface area contributed by atoms with E-state index in [2.05, 4.69) is 16.0 Å². The van der Waals surface area contributed by atoms with E-state index in [1.165, 1.54) is 30.3 Å². The molecule has 0 radical (unpaired) electrons. The van der Waals surface area contributed by atoms with Crippen LogP contribution in [0.15, 0.2) is 48.5 Å². The highest BCUT2D eigenvalue weighted by Crippen LogP contribution is 2.37. The lowest BCUT2D eigenvalue weighted by atomic mass is 9.82. The average Bonchev–Trinajstić information content (AvgIpc) is 3.10. The lowest BCUT2D eigenvalue weighted by Gasteiger charge is -2.28. The van der Waals surface area contributed by atoms with Gasteiger partial charge in [0.1, 0.15) is 6.04 Å². The van der Waals surface area contributed by atoms with Crippen LogP contribution in [0, 0.1) is 11.8 Å². The molecule has 13 nitrogen and oxygen atoms in total. The number of benzene rings is 2. The third-order valence-corrected chi connectivity index (χ3v) is 8.67. The summed E-state index contributed by atoms with van der Waals surface area (Å²) >= 11 is 0. The predicted molar refractivity (Wildman–Crippen MR) is 172 cm³/mol. The van der Waals surface area contributed by atoms with Gasteiger partial charge >= 0.3 is 12.3 Å². The van der Waals surface area contributed by atoms with Crippen LogP contribution in [0.5, 0.6) is 0 Å². The van der Waals surface area contributed by atoms with E-state index in [9.17, 15) is 42.4 Å². The number of amides is 5. The van der Waals surface area contributed by atoms with Gasteiger partial charge in [-0.25, -0.2) is 10.3 Å². The number of rotatable bonds is 7. The van der Waals surface area contributed by atoms with Crippen molar-refractivity contribution in [2.75, 3.05) is 46.0 Å². The number of nitrogens with one attached hydrogen (secondary N) is 4. The Balaban J connectivity index is 1.59. The summed E-state index contributed by atoms with van der Waals surface area (Å²) in [6, 6.07) is 9.99. The molecule has 2 fully saturated rings. The summed E-state index contributed by atoms with van der Waals surface area (Å²) < 4.78 is 51.5. The van der Waals surface area contributed by atoms with Gasteiger partial charge in [0.15, 0.2) is 0 Å². The van der Waals surface area contributed by atoms with Crippen molar-refractivity contribution >= 4 is 29.7 Å². The number of nitrogens with zero attached hydrogens (tertiary/aromatic N) is 1. The minimum absolute atomic E-state index is 0.0102. The number of alkyl carbamates (subject to hydrolysis) is 1. The Morgan fingerprint density at radius 2 is 1.64 bits per heavy atom. The Kier molecular flexibility index (Phi) is 14.1. The highest BCUT2D eigenvalue weighted by Gasteiger charge is 2.36. The van der Waals surface area contributed by atoms with E-state index in [1.807, 2.05) is 4.90 Å². The largest absolute Gasteiger partial charge is 0.450 e. The van der Waals surface area contributed by atoms with E-state index < -0.39 is 59.3 Å². The number of ether oxygens (including phenoxy) is 2. The van der Waals surface area contributed by atoms with Crippen LogP contribution in [0.1, 0.15) is 43.2 Å². The maximum Gasteiger partial charge on any atom is 0.417 e. The SMILES string of the molecule is O=C(CN1CCOCC1)NC(=O)C1CCCCNC(=O)OCCCC(C(=O)NO)C(Cc2ccc(-c3ccccc3C(F)(F)F)cc2)C(=O)N1. The van der Waals surface area contributed by atoms with E-state index in [0.717, 1.165) is 6.07 Å². The van der Waals surface area contributed by atoms with Crippen LogP contribution in [0.25, 0.3) is 11.1 Å². The molecule has 3 unspecified atom stereocenters. The molecule has 2 saturated heterocycles. The number of morpholine rings is 1. The van der Waals surface area contributed by atoms with Crippen LogP contribution in [-0.2, 0) is 41.2 Å². The summed E-state index contributed by atoms with van der Waals surface area (Å²) in [5.74, 6) is -5.27. The van der Waals surface area contributed by atoms with Gasteiger partial charge in [0.25, 0.3) is 0 Å². The first kappa shape index (κ1) is 38.3. The molecule has 2 heterocycles. The topological polar surface area (TPSA) is 175 Å². The third-order valence-electron chi connectivity index (χ3n) is 8.67. The number of hydrogen-bond donors (Lipinski definition) is 5. The molecule has 2 aliphatic rings. The summed E-state index contributed by atoms with van der Waals surface area (Å²) in [5.41, 5.74) is 1.53. The summed E-state index contributed by atoms with van der Waals surface area (Å²) in [4.78, 5) is 67.1. The predicted octanol–water partition coefficient (Wildman–Crippen LogP) is 2.80. The Morgan fingerprint density at radius 3 is 2.34 bits per heavy atom.